The Bertz CT molecular complexity index is 717. The van der Waals surface area contributed by atoms with Crippen LogP contribution < -0.4 is 5.32 Å². The Balaban J connectivity index is 1.81. The van der Waals surface area contributed by atoms with Crippen LogP contribution >= 0.6 is 34.8 Å². The molecule has 2 rings (SSSR count). The standard InChI is InChI=1S/C16H12Cl3NO3/c17-12-4-1-10(2-5-12)16(22)23-9-15(21)20-8-11-3-6-13(18)7-14(11)19/h1-7H,8-9H2,(H,20,21). The highest BCUT2D eigenvalue weighted by molar-refractivity contribution is 6.35. The van der Waals surface area contributed by atoms with E-state index in [-0.39, 0.29) is 13.2 Å². The van der Waals surface area contributed by atoms with Crippen molar-refractivity contribution in [2.45, 2.75) is 6.54 Å². The zero-order valence-corrected chi connectivity index (χ0v) is 14.1. The van der Waals surface area contributed by atoms with Crippen molar-refractivity contribution in [3.05, 3.63) is 68.7 Å². The third-order valence-electron chi connectivity index (χ3n) is 2.91. The Hall–Kier alpha value is -1.75. The highest BCUT2D eigenvalue weighted by Crippen LogP contribution is 2.20. The van der Waals surface area contributed by atoms with Crippen LogP contribution in [0.1, 0.15) is 15.9 Å². The van der Waals surface area contributed by atoms with Crippen LogP contribution in [0, 0.1) is 0 Å². The number of carbonyl (C=O) groups is 2. The summed E-state index contributed by atoms with van der Waals surface area (Å²) in [6, 6.07) is 11.2. The monoisotopic (exact) mass is 371 g/mol. The van der Waals surface area contributed by atoms with E-state index in [1.807, 2.05) is 0 Å². The normalized spacial score (nSPS) is 10.2. The minimum absolute atomic E-state index is 0.216. The number of hydrogen-bond acceptors (Lipinski definition) is 3. The average molecular weight is 373 g/mol. The molecule has 120 valence electrons. The van der Waals surface area contributed by atoms with Gasteiger partial charge in [-0.2, -0.15) is 0 Å². The molecule has 0 spiro atoms. The van der Waals surface area contributed by atoms with Crippen molar-refractivity contribution in [1.82, 2.24) is 5.32 Å². The first-order valence-electron chi connectivity index (χ1n) is 6.59. The van der Waals surface area contributed by atoms with Gasteiger partial charge in [0, 0.05) is 21.6 Å². The van der Waals surface area contributed by atoms with Gasteiger partial charge in [-0.15, -0.1) is 0 Å². The van der Waals surface area contributed by atoms with E-state index in [2.05, 4.69) is 5.32 Å². The van der Waals surface area contributed by atoms with Gasteiger partial charge in [0.2, 0.25) is 0 Å². The van der Waals surface area contributed by atoms with Crippen LogP contribution in [0.15, 0.2) is 42.5 Å². The third kappa shape index (κ3) is 5.43. The molecule has 0 unspecified atom stereocenters. The van der Waals surface area contributed by atoms with E-state index in [1.54, 1.807) is 30.3 Å². The smallest absolute Gasteiger partial charge is 0.338 e. The molecule has 0 saturated carbocycles. The van der Waals surface area contributed by atoms with Gasteiger partial charge in [-0.1, -0.05) is 40.9 Å². The molecule has 4 nitrogen and oxygen atoms in total. The summed E-state index contributed by atoms with van der Waals surface area (Å²) in [6.45, 7) is -0.167. The molecule has 0 heterocycles. The molecule has 1 amide bonds. The highest BCUT2D eigenvalue weighted by Gasteiger charge is 2.10. The molecular formula is C16H12Cl3NO3. The number of benzene rings is 2. The van der Waals surface area contributed by atoms with Gasteiger partial charge in [0.15, 0.2) is 6.61 Å². The molecule has 0 aliphatic rings. The summed E-state index contributed by atoms with van der Waals surface area (Å²) in [6.07, 6.45) is 0. The van der Waals surface area contributed by atoms with Gasteiger partial charge < -0.3 is 10.1 Å². The Kier molecular flexibility index (Phi) is 6.28. The number of halogens is 3. The molecule has 0 saturated heterocycles. The number of nitrogens with one attached hydrogen (secondary N) is 1. The van der Waals surface area contributed by atoms with E-state index in [4.69, 9.17) is 39.5 Å². The predicted octanol–water partition coefficient (Wildman–Crippen LogP) is 4.12. The molecule has 0 fully saturated rings. The van der Waals surface area contributed by atoms with Crippen molar-refractivity contribution >= 4 is 46.7 Å². The van der Waals surface area contributed by atoms with E-state index >= 15 is 0 Å². The van der Waals surface area contributed by atoms with E-state index in [9.17, 15) is 9.59 Å². The molecule has 0 aromatic heterocycles. The van der Waals surface area contributed by atoms with Crippen LogP contribution in [0.4, 0.5) is 0 Å². The number of ether oxygens (including phenoxy) is 1. The van der Waals surface area contributed by atoms with Crippen molar-refractivity contribution in [2.75, 3.05) is 6.61 Å². The maximum Gasteiger partial charge on any atom is 0.338 e. The van der Waals surface area contributed by atoms with Gasteiger partial charge in [0.25, 0.3) is 5.91 Å². The van der Waals surface area contributed by atoms with Crippen LogP contribution in [-0.4, -0.2) is 18.5 Å². The average Bonchev–Trinajstić information content (AvgIpc) is 2.52. The third-order valence-corrected chi connectivity index (χ3v) is 3.74. The zero-order valence-electron chi connectivity index (χ0n) is 11.8. The molecule has 0 aliphatic heterocycles. The summed E-state index contributed by atoms with van der Waals surface area (Å²) in [4.78, 5) is 23.5. The van der Waals surface area contributed by atoms with Gasteiger partial charge in [0.1, 0.15) is 0 Å². The minimum atomic E-state index is -0.596. The highest BCUT2D eigenvalue weighted by atomic mass is 35.5. The molecule has 0 radical (unpaired) electrons. The number of esters is 1. The SMILES string of the molecule is O=C(COC(=O)c1ccc(Cl)cc1)NCc1ccc(Cl)cc1Cl. The Morgan fingerprint density at radius 2 is 1.61 bits per heavy atom. The van der Waals surface area contributed by atoms with Crippen molar-refractivity contribution in [1.29, 1.82) is 0 Å². The second-order valence-electron chi connectivity index (χ2n) is 4.60. The van der Waals surface area contributed by atoms with Gasteiger partial charge in [-0.05, 0) is 42.0 Å². The second-order valence-corrected chi connectivity index (χ2v) is 5.88. The molecule has 0 aliphatic carbocycles. The molecule has 1 N–H and O–H groups in total. The molecule has 7 heteroatoms. The van der Waals surface area contributed by atoms with Crippen molar-refractivity contribution in [2.24, 2.45) is 0 Å². The Labute approximate surface area is 148 Å². The Morgan fingerprint density at radius 1 is 0.957 bits per heavy atom. The fourth-order valence-electron chi connectivity index (χ4n) is 1.71. The fraction of sp³-hybridized carbons (Fsp3) is 0.125. The van der Waals surface area contributed by atoms with Crippen LogP contribution in [0.25, 0.3) is 0 Å². The van der Waals surface area contributed by atoms with E-state index in [1.165, 1.54) is 12.1 Å². The quantitative estimate of drug-likeness (QED) is 0.803. The molecule has 23 heavy (non-hydrogen) atoms. The van der Waals surface area contributed by atoms with Crippen LogP contribution in [-0.2, 0) is 16.1 Å². The fourth-order valence-corrected chi connectivity index (χ4v) is 2.31. The first-order valence-corrected chi connectivity index (χ1v) is 7.72. The Morgan fingerprint density at radius 3 is 2.26 bits per heavy atom. The van der Waals surface area contributed by atoms with Crippen molar-refractivity contribution < 1.29 is 14.3 Å². The summed E-state index contributed by atoms with van der Waals surface area (Å²) in [5.74, 6) is -1.03. The van der Waals surface area contributed by atoms with E-state index < -0.39 is 11.9 Å². The second kappa shape index (κ2) is 8.20. The van der Waals surface area contributed by atoms with Gasteiger partial charge in [-0.3, -0.25) is 4.79 Å². The number of hydrogen-bond donors (Lipinski definition) is 1. The minimum Gasteiger partial charge on any atom is -0.452 e. The molecule has 2 aromatic carbocycles. The largest absolute Gasteiger partial charge is 0.452 e. The number of amides is 1. The van der Waals surface area contributed by atoms with Crippen LogP contribution in [0.2, 0.25) is 15.1 Å². The topological polar surface area (TPSA) is 55.4 Å². The van der Waals surface area contributed by atoms with E-state index in [0.29, 0.717) is 26.2 Å². The summed E-state index contributed by atoms with van der Waals surface area (Å²) < 4.78 is 4.92. The summed E-state index contributed by atoms with van der Waals surface area (Å²) >= 11 is 17.5. The first kappa shape index (κ1) is 17.6. The lowest BCUT2D eigenvalue weighted by Crippen LogP contribution is -2.28. The van der Waals surface area contributed by atoms with Crippen LogP contribution in [0.5, 0.6) is 0 Å². The maximum absolute atomic E-state index is 11.7. The molecule has 2 aromatic rings. The molecular weight excluding hydrogens is 361 g/mol. The van der Waals surface area contributed by atoms with Crippen molar-refractivity contribution in [3.8, 4) is 0 Å². The van der Waals surface area contributed by atoms with Gasteiger partial charge in [0.05, 0.1) is 5.56 Å². The summed E-state index contributed by atoms with van der Waals surface area (Å²) in [7, 11) is 0. The number of rotatable bonds is 5. The lowest BCUT2D eigenvalue weighted by atomic mass is 10.2. The predicted molar refractivity (Wildman–Crippen MR) is 90.0 cm³/mol. The van der Waals surface area contributed by atoms with Crippen LogP contribution in [0.3, 0.4) is 0 Å². The zero-order chi connectivity index (χ0) is 16.8. The van der Waals surface area contributed by atoms with Crippen molar-refractivity contribution in [3.63, 3.8) is 0 Å². The van der Waals surface area contributed by atoms with Gasteiger partial charge >= 0.3 is 5.97 Å². The lowest BCUT2D eigenvalue weighted by Gasteiger charge is -2.08. The molecule has 0 atom stereocenters. The summed E-state index contributed by atoms with van der Waals surface area (Å²) in [5, 5.41) is 4.09. The van der Waals surface area contributed by atoms with Gasteiger partial charge in [-0.25, -0.2) is 4.79 Å². The lowest BCUT2D eigenvalue weighted by molar-refractivity contribution is -0.124. The number of carbonyl (C=O) groups excluding carboxylic acids is 2. The summed E-state index contributed by atoms with van der Waals surface area (Å²) in [5.41, 5.74) is 1.04. The van der Waals surface area contributed by atoms with E-state index in [0.717, 1.165) is 0 Å². The molecule has 0 bridgehead atoms. The first-order chi connectivity index (χ1) is 11.0. The maximum atomic E-state index is 11.7.